The second kappa shape index (κ2) is 5.93. The smallest absolute Gasteiger partial charge is 0.303 e. The molecule has 0 amide bonds. The van der Waals surface area contributed by atoms with Crippen molar-refractivity contribution in [2.24, 2.45) is 23.7 Å². The lowest BCUT2D eigenvalue weighted by Gasteiger charge is -2.44. The minimum atomic E-state index is -0.896. The van der Waals surface area contributed by atoms with Gasteiger partial charge in [0.2, 0.25) is 0 Å². The van der Waals surface area contributed by atoms with Crippen molar-refractivity contribution in [1.82, 2.24) is 0 Å². The first-order valence-corrected chi connectivity index (χ1v) is 7.67. The van der Waals surface area contributed by atoms with E-state index in [0.29, 0.717) is 12.0 Å². The first-order valence-electron chi connectivity index (χ1n) is 7.67. The predicted octanol–water partition coefficient (Wildman–Crippen LogP) is 2.06. The number of hydrogen-bond acceptors (Lipinski definition) is 4. The van der Waals surface area contributed by atoms with E-state index in [9.17, 15) is 15.0 Å². The second-order valence-corrected chi connectivity index (χ2v) is 6.59. The molecule has 0 saturated heterocycles. The zero-order valence-electron chi connectivity index (χ0n) is 13.2. The molecule has 2 aliphatic rings. The highest BCUT2D eigenvalue weighted by Crippen LogP contribution is 2.53. The molecule has 0 spiro atoms. The molecule has 2 fully saturated rings. The molecule has 0 heterocycles. The number of aliphatic hydroxyl groups is 2. The molecule has 0 aromatic heterocycles. The molecule has 0 aromatic rings. The van der Waals surface area contributed by atoms with Gasteiger partial charge in [0, 0.05) is 6.92 Å². The van der Waals surface area contributed by atoms with E-state index in [4.69, 9.17) is 4.74 Å². The SMILES string of the molecule is C=C1[C@H](O)[C@@H](O)[C@@H](C(C)C)[C@@H]2/C(=C/C)[C@H](OC(C)=O)C[C@@H]12. The van der Waals surface area contributed by atoms with Gasteiger partial charge in [-0.2, -0.15) is 0 Å². The van der Waals surface area contributed by atoms with Gasteiger partial charge in [0.25, 0.3) is 0 Å². The van der Waals surface area contributed by atoms with Gasteiger partial charge in [-0.25, -0.2) is 0 Å². The lowest BCUT2D eigenvalue weighted by atomic mass is 9.64. The molecule has 2 N–H and O–H groups in total. The van der Waals surface area contributed by atoms with Crippen molar-refractivity contribution in [1.29, 1.82) is 0 Å². The normalized spacial score (nSPS) is 41.5. The molecule has 0 aromatic carbocycles. The highest BCUT2D eigenvalue weighted by molar-refractivity contribution is 5.66. The van der Waals surface area contributed by atoms with Gasteiger partial charge in [0.05, 0.1) is 6.10 Å². The lowest BCUT2D eigenvalue weighted by molar-refractivity contribution is -0.144. The Hall–Kier alpha value is -1.13. The fourth-order valence-electron chi connectivity index (χ4n) is 4.20. The third-order valence-electron chi connectivity index (χ3n) is 5.06. The molecule has 4 nitrogen and oxygen atoms in total. The summed E-state index contributed by atoms with van der Waals surface area (Å²) in [4.78, 5) is 11.3. The molecule has 0 bridgehead atoms. The third-order valence-corrected chi connectivity index (χ3v) is 5.06. The van der Waals surface area contributed by atoms with Crippen LogP contribution in [0.3, 0.4) is 0 Å². The van der Waals surface area contributed by atoms with Gasteiger partial charge in [-0.1, -0.05) is 26.5 Å². The van der Waals surface area contributed by atoms with E-state index in [1.54, 1.807) is 0 Å². The summed E-state index contributed by atoms with van der Waals surface area (Å²) in [6, 6.07) is 0. The fraction of sp³-hybridized carbons (Fsp3) is 0.706. The van der Waals surface area contributed by atoms with Crippen LogP contribution in [0.25, 0.3) is 0 Å². The van der Waals surface area contributed by atoms with Crippen LogP contribution in [0.4, 0.5) is 0 Å². The minimum Gasteiger partial charge on any atom is -0.458 e. The number of fused-ring (bicyclic) bond motifs is 1. The van der Waals surface area contributed by atoms with Crippen molar-refractivity contribution in [3.8, 4) is 0 Å². The monoisotopic (exact) mass is 294 g/mol. The van der Waals surface area contributed by atoms with Crippen molar-refractivity contribution in [3.63, 3.8) is 0 Å². The summed E-state index contributed by atoms with van der Waals surface area (Å²) in [6.45, 7) is 11.4. The Morgan fingerprint density at radius 2 is 2.05 bits per heavy atom. The van der Waals surface area contributed by atoms with Crippen LogP contribution >= 0.6 is 0 Å². The van der Waals surface area contributed by atoms with E-state index >= 15 is 0 Å². The fourth-order valence-corrected chi connectivity index (χ4v) is 4.20. The van der Waals surface area contributed by atoms with Gasteiger partial charge in [0.1, 0.15) is 12.2 Å². The quantitative estimate of drug-likeness (QED) is 0.604. The van der Waals surface area contributed by atoms with E-state index < -0.39 is 12.2 Å². The molecular formula is C17H26O4. The third kappa shape index (κ3) is 2.67. The summed E-state index contributed by atoms with van der Waals surface area (Å²) in [5, 5.41) is 20.7. The Labute approximate surface area is 126 Å². The first-order chi connectivity index (χ1) is 9.79. The van der Waals surface area contributed by atoms with Gasteiger partial charge in [-0.3, -0.25) is 4.79 Å². The summed E-state index contributed by atoms with van der Waals surface area (Å²) in [7, 11) is 0. The minimum absolute atomic E-state index is 0.0535. The number of rotatable bonds is 2. The van der Waals surface area contributed by atoms with Crippen LogP contribution < -0.4 is 0 Å². The topological polar surface area (TPSA) is 66.8 Å². The number of allylic oxidation sites excluding steroid dienone is 1. The van der Waals surface area contributed by atoms with Gasteiger partial charge in [0.15, 0.2) is 0 Å². The average Bonchev–Trinajstić information content (AvgIpc) is 2.73. The Morgan fingerprint density at radius 3 is 2.52 bits per heavy atom. The number of hydrogen-bond donors (Lipinski definition) is 2. The lowest BCUT2D eigenvalue weighted by Crippen LogP contribution is -2.49. The van der Waals surface area contributed by atoms with E-state index in [1.807, 2.05) is 13.0 Å². The van der Waals surface area contributed by atoms with Crippen LogP contribution in [0, 0.1) is 23.7 Å². The summed E-state index contributed by atoms with van der Waals surface area (Å²) in [6.07, 6.45) is 0.664. The molecule has 2 saturated carbocycles. The maximum absolute atomic E-state index is 11.3. The first kappa shape index (κ1) is 16.2. The molecule has 4 heteroatoms. The maximum Gasteiger partial charge on any atom is 0.303 e. The summed E-state index contributed by atoms with van der Waals surface area (Å²) >= 11 is 0. The molecule has 2 rings (SSSR count). The second-order valence-electron chi connectivity index (χ2n) is 6.59. The predicted molar refractivity (Wildman–Crippen MR) is 80.4 cm³/mol. The van der Waals surface area contributed by atoms with Gasteiger partial charge < -0.3 is 14.9 Å². The van der Waals surface area contributed by atoms with Crippen molar-refractivity contribution >= 4 is 5.97 Å². The Kier molecular flexibility index (Phi) is 4.59. The zero-order valence-corrected chi connectivity index (χ0v) is 13.2. The highest BCUT2D eigenvalue weighted by Gasteiger charge is 2.53. The summed E-state index contributed by atoms with van der Waals surface area (Å²) in [5.41, 5.74) is 1.72. The zero-order chi connectivity index (χ0) is 15.9. The van der Waals surface area contributed by atoms with Crippen LogP contribution in [0.1, 0.15) is 34.1 Å². The van der Waals surface area contributed by atoms with Crippen LogP contribution in [0.15, 0.2) is 23.8 Å². The molecule has 6 atom stereocenters. The van der Waals surface area contributed by atoms with Crippen LogP contribution in [-0.4, -0.2) is 34.5 Å². The van der Waals surface area contributed by atoms with E-state index in [0.717, 1.165) is 5.57 Å². The Bertz CT molecular complexity index is 465. The molecular weight excluding hydrogens is 268 g/mol. The average molecular weight is 294 g/mol. The van der Waals surface area contributed by atoms with Gasteiger partial charge >= 0.3 is 5.97 Å². The van der Waals surface area contributed by atoms with Crippen LogP contribution in [0.2, 0.25) is 0 Å². The van der Waals surface area contributed by atoms with Gasteiger partial charge in [-0.05, 0) is 48.2 Å². The Balaban J connectivity index is 2.41. The number of ether oxygens (including phenoxy) is 1. The van der Waals surface area contributed by atoms with Crippen molar-refractivity contribution < 1.29 is 19.7 Å². The molecule has 0 aliphatic heterocycles. The van der Waals surface area contributed by atoms with E-state index in [1.165, 1.54) is 6.92 Å². The summed E-state index contributed by atoms with van der Waals surface area (Å²) < 4.78 is 5.44. The number of aliphatic hydroxyl groups excluding tert-OH is 2. The van der Waals surface area contributed by atoms with Gasteiger partial charge in [-0.15, -0.1) is 0 Å². The van der Waals surface area contributed by atoms with E-state index in [-0.39, 0.29) is 35.7 Å². The standard InChI is InChI=1S/C17H26O4/c1-6-11-13(21-10(5)18)7-12-9(4)16(19)17(20)14(8(2)3)15(11)12/h6,8,12-17,19-20H,4,7H2,1-3,5H3/b11-6+/t12-,13+,14-,15+,16-,17-/m0/s1. The number of carbonyl (C=O) groups is 1. The van der Waals surface area contributed by atoms with Crippen molar-refractivity contribution in [3.05, 3.63) is 23.8 Å². The highest BCUT2D eigenvalue weighted by atomic mass is 16.5. The summed E-state index contributed by atoms with van der Waals surface area (Å²) in [5.74, 6) is 0.0194. The van der Waals surface area contributed by atoms with Crippen LogP contribution in [-0.2, 0) is 9.53 Å². The maximum atomic E-state index is 11.3. The van der Waals surface area contributed by atoms with Crippen molar-refractivity contribution in [2.75, 3.05) is 0 Å². The van der Waals surface area contributed by atoms with Crippen LogP contribution in [0.5, 0.6) is 0 Å². The van der Waals surface area contributed by atoms with Crippen molar-refractivity contribution in [2.45, 2.75) is 52.4 Å². The Morgan fingerprint density at radius 1 is 1.43 bits per heavy atom. The molecule has 0 radical (unpaired) electrons. The molecule has 2 aliphatic carbocycles. The molecule has 21 heavy (non-hydrogen) atoms. The largest absolute Gasteiger partial charge is 0.458 e. The number of esters is 1. The van der Waals surface area contributed by atoms with E-state index in [2.05, 4.69) is 20.4 Å². The molecule has 0 unspecified atom stereocenters. The molecule has 118 valence electrons. The number of carbonyl (C=O) groups excluding carboxylic acids is 1.